The molecule has 7 nitrogen and oxygen atoms in total. The first-order valence-electron chi connectivity index (χ1n) is 13.3. The van der Waals surface area contributed by atoms with Crippen LogP contribution in [0.1, 0.15) is 85.1 Å². The molecule has 1 aromatic heterocycles. The molecule has 3 saturated carbocycles. The van der Waals surface area contributed by atoms with E-state index >= 15 is 0 Å². The van der Waals surface area contributed by atoms with Crippen LogP contribution in [0.25, 0.3) is 10.9 Å². The quantitative estimate of drug-likeness (QED) is 0.576. The van der Waals surface area contributed by atoms with Gasteiger partial charge in [0, 0.05) is 29.6 Å². The van der Waals surface area contributed by atoms with Crippen molar-refractivity contribution in [3.63, 3.8) is 0 Å². The van der Waals surface area contributed by atoms with E-state index in [1.54, 1.807) is 6.08 Å². The monoisotopic (exact) mass is 474 g/mol. The fourth-order valence-corrected chi connectivity index (χ4v) is 6.58. The minimum absolute atomic E-state index is 0.0451. The van der Waals surface area contributed by atoms with Crippen molar-refractivity contribution in [2.75, 3.05) is 6.54 Å². The van der Waals surface area contributed by atoms with Crippen LogP contribution in [0, 0.1) is 5.92 Å². The molecular formula is C28H34N4O3. The minimum atomic E-state index is -0.127. The molecule has 3 fully saturated rings. The van der Waals surface area contributed by atoms with Gasteiger partial charge in [-0.15, -0.1) is 0 Å². The van der Waals surface area contributed by atoms with Gasteiger partial charge in [0.2, 0.25) is 5.91 Å². The first-order valence-corrected chi connectivity index (χ1v) is 13.3. The molecular weight excluding hydrogens is 440 g/mol. The first-order chi connectivity index (χ1) is 17.0. The molecule has 1 aromatic carbocycles. The minimum Gasteiger partial charge on any atom is -0.348 e. The predicted octanol–water partition coefficient (Wildman–Crippen LogP) is 3.78. The molecule has 6 rings (SSSR count). The van der Waals surface area contributed by atoms with E-state index in [0.29, 0.717) is 23.7 Å². The lowest BCUT2D eigenvalue weighted by Crippen LogP contribution is -2.55. The second-order valence-corrected chi connectivity index (χ2v) is 10.9. The molecule has 3 N–H and O–H groups in total. The average Bonchev–Trinajstić information content (AvgIpc) is 3.58. The summed E-state index contributed by atoms with van der Waals surface area (Å²) in [6.45, 7) is 0.650. The van der Waals surface area contributed by atoms with Gasteiger partial charge in [0.05, 0.1) is 11.1 Å². The molecule has 3 amide bonds. The van der Waals surface area contributed by atoms with Crippen molar-refractivity contribution in [3.8, 4) is 0 Å². The summed E-state index contributed by atoms with van der Waals surface area (Å²) in [6.07, 6.45) is 14.5. The lowest BCUT2D eigenvalue weighted by atomic mass is 9.75. The highest BCUT2D eigenvalue weighted by molar-refractivity contribution is 6.03. The molecule has 2 heterocycles. The number of amides is 3. The number of carbonyl (C=O) groups excluding carboxylic acids is 3. The topological polar surface area (TPSA) is 92.2 Å². The van der Waals surface area contributed by atoms with Crippen molar-refractivity contribution in [1.29, 1.82) is 0 Å². The van der Waals surface area contributed by atoms with Gasteiger partial charge in [-0.25, -0.2) is 0 Å². The molecule has 2 aromatic rings. The molecule has 35 heavy (non-hydrogen) atoms. The molecule has 1 spiro atoms. The number of fused-ring (bicyclic) bond motifs is 4. The number of hydrogen-bond donors (Lipinski definition) is 3. The van der Waals surface area contributed by atoms with Crippen molar-refractivity contribution < 1.29 is 14.4 Å². The van der Waals surface area contributed by atoms with E-state index in [-0.39, 0.29) is 35.3 Å². The zero-order valence-corrected chi connectivity index (χ0v) is 20.1. The number of nitrogens with zero attached hydrogens (tertiary/aromatic N) is 1. The summed E-state index contributed by atoms with van der Waals surface area (Å²) >= 11 is 0. The number of carbonyl (C=O) groups is 3. The Balaban J connectivity index is 1.17. The number of benzene rings is 1. The predicted molar refractivity (Wildman–Crippen MR) is 134 cm³/mol. The molecule has 0 radical (unpaired) electrons. The normalized spacial score (nSPS) is 25.5. The van der Waals surface area contributed by atoms with Crippen molar-refractivity contribution in [1.82, 2.24) is 20.5 Å². The van der Waals surface area contributed by atoms with Gasteiger partial charge in [0.15, 0.2) is 0 Å². The number of hydrogen-bond acceptors (Lipinski definition) is 3. The van der Waals surface area contributed by atoms with Gasteiger partial charge in [0.1, 0.15) is 5.69 Å². The van der Waals surface area contributed by atoms with Crippen molar-refractivity contribution in [3.05, 3.63) is 47.7 Å². The van der Waals surface area contributed by atoms with Crippen LogP contribution < -0.4 is 16.0 Å². The largest absolute Gasteiger partial charge is 0.348 e. The third kappa shape index (κ3) is 4.05. The summed E-state index contributed by atoms with van der Waals surface area (Å²) < 4.78 is 2.18. The zero-order valence-electron chi connectivity index (χ0n) is 20.1. The van der Waals surface area contributed by atoms with Crippen LogP contribution in [0.4, 0.5) is 0 Å². The highest BCUT2D eigenvalue weighted by Crippen LogP contribution is 2.44. The maximum atomic E-state index is 13.2. The SMILES string of the molecule is O=C(/C=C/C1CCCC1)NC1CCCC1NC(=O)c1ccc2cc3n(c2c1)C1(CCC1)CNC3=O. The molecule has 0 bridgehead atoms. The van der Waals surface area contributed by atoms with E-state index in [2.05, 4.69) is 20.5 Å². The molecule has 0 saturated heterocycles. The summed E-state index contributed by atoms with van der Waals surface area (Å²) in [7, 11) is 0. The highest BCUT2D eigenvalue weighted by atomic mass is 16.2. The van der Waals surface area contributed by atoms with Crippen LogP contribution >= 0.6 is 0 Å². The van der Waals surface area contributed by atoms with E-state index in [4.69, 9.17) is 0 Å². The lowest BCUT2D eigenvalue weighted by Gasteiger charge is -2.47. The van der Waals surface area contributed by atoms with Gasteiger partial charge in [0.25, 0.3) is 11.8 Å². The second-order valence-electron chi connectivity index (χ2n) is 10.9. The van der Waals surface area contributed by atoms with Crippen LogP contribution in [0.2, 0.25) is 0 Å². The fourth-order valence-electron chi connectivity index (χ4n) is 6.58. The summed E-state index contributed by atoms with van der Waals surface area (Å²) in [5.74, 6) is 0.294. The smallest absolute Gasteiger partial charge is 0.268 e. The maximum Gasteiger partial charge on any atom is 0.268 e. The summed E-state index contributed by atoms with van der Waals surface area (Å²) in [6, 6.07) is 7.52. The standard InChI is InChI=1S/C28H34N4O3/c33-25(12-9-18-5-1-2-6-18)30-21-7-3-8-22(21)31-26(34)20-11-10-19-15-24-27(35)29-17-28(13-4-14-28)32(24)23(19)16-20/h9-12,15-16,18,21-22H,1-8,13-14,17H2,(H,29,35)(H,30,33)(H,31,34)/b12-9+. The lowest BCUT2D eigenvalue weighted by molar-refractivity contribution is -0.117. The molecule has 4 aliphatic rings. The number of nitrogens with one attached hydrogen (secondary N) is 3. The first kappa shape index (κ1) is 22.4. The van der Waals surface area contributed by atoms with Gasteiger partial charge in [-0.05, 0) is 81.6 Å². The van der Waals surface area contributed by atoms with Crippen molar-refractivity contribution in [2.45, 2.75) is 81.8 Å². The highest BCUT2D eigenvalue weighted by Gasteiger charge is 2.44. The van der Waals surface area contributed by atoms with Gasteiger partial charge in [-0.3, -0.25) is 14.4 Å². The Kier molecular flexibility index (Phi) is 5.66. The Labute approximate surface area is 205 Å². The van der Waals surface area contributed by atoms with Crippen LogP contribution in [0.5, 0.6) is 0 Å². The van der Waals surface area contributed by atoms with Crippen molar-refractivity contribution >= 4 is 28.6 Å². The van der Waals surface area contributed by atoms with Crippen LogP contribution in [0.15, 0.2) is 36.4 Å². The van der Waals surface area contributed by atoms with E-state index in [0.717, 1.165) is 49.4 Å². The average molecular weight is 475 g/mol. The van der Waals surface area contributed by atoms with E-state index < -0.39 is 0 Å². The molecule has 2 atom stereocenters. The third-order valence-corrected chi connectivity index (χ3v) is 8.72. The molecule has 1 aliphatic heterocycles. The van der Waals surface area contributed by atoms with E-state index in [1.807, 2.05) is 30.3 Å². The zero-order chi connectivity index (χ0) is 24.0. The Morgan fingerprint density at radius 1 is 0.971 bits per heavy atom. The van der Waals surface area contributed by atoms with Gasteiger partial charge in [-0.1, -0.05) is 25.0 Å². The fraction of sp³-hybridized carbons (Fsp3) is 0.536. The van der Waals surface area contributed by atoms with Crippen LogP contribution in [0.3, 0.4) is 0 Å². The van der Waals surface area contributed by atoms with Gasteiger partial charge in [-0.2, -0.15) is 0 Å². The Morgan fingerprint density at radius 2 is 1.74 bits per heavy atom. The van der Waals surface area contributed by atoms with E-state index in [9.17, 15) is 14.4 Å². The molecule has 2 unspecified atom stereocenters. The Bertz CT molecular complexity index is 1200. The van der Waals surface area contributed by atoms with Gasteiger partial charge < -0.3 is 20.5 Å². The molecule has 184 valence electrons. The maximum absolute atomic E-state index is 13.2. The summed E-state index contributed by atoms with van der Waals surface area (Å²) in [5, 5.41) is 10.3. The summed E-state index contributed by atoms with van der Waals surface area (Å²) in [4.78, 5) is 38.3. The second kappa shape index (κ2) is 8.85. The molecule has 7 heteroatoms. The van der Waals surface area contributed by atoms with Crippen LogP contribution in [-0.2, 0) is 10.3 Å². The van der Waals surface area contributed by atoms with E-state index in [1.165, 1.54) is 25.7 Å². The summed E-state index contributed by atoms with van der Waals surface area (Å²) in [5.41, 5.74) is 2.17. The third-order valence-electron chi connectivity index (χ3n) is 8.72. The molecule has 3 aliphatic carbocycles. The number of aromatic nitrogens is 1. The Morgan fingerprint density at radius 3 is 2.49 bits per heavy atom. The van der Waals surface area contributed by atoms with Crippen LogP contribution in [-0.4, -0.2) is 40.9 Å². The van der Waals surface area contributed by atoms with Gasteiger partial charge >= 0.3 is 0 Å². The Hall–Kier alpha value is -3.09. The number of rotatable bonds is 5. The van der Waals surface area contributed by atoms with Crippen molar-refractivity contribution in [2.24, 2.45) is 5.92 Å². The number of allylic oxidation sites excluding steroid dienone is 1.